The molecule has 0 aliphatic carbocycles. The van der Waals surface area contributed by atoms with Gasteiger partial charge in [0, 0.05) is 31.1 Å². The number of nitrogens with zero attached hydrogens (tertiary/aromatic N) is 1. The smallest absolute Gasteiger partial charge is 0.319 e. The largest absolute Gasteiger partial charge is 0.497 e. The number of amides is 3. The van der Waals surface area contributed by atoms with Gasteiger partial charge < -0.3 is 25.0 Å². The quantitative estimate of drug-likeness (QED) is 0.821. The standard InChI is InChI=1S/C20H23N3O4/c1-26-16-9-7-15(8-10-16)23-13-14(11-19(23)24)12-21-20(25)22-17-5-3-4-6-18(17)27-2/h3-10,14H,11-13H2,1-2H3,(H2,21,22,25)/t14-/m0/s1. The van der Waals surface area contributed by atoms with Crippen molar-refractivity contribution >= 4 is 23.3 Å². The molecule has 2 aromatic rings. The van der Waals surface area contributed by atoms with Crippen molar-refractivity contribution in [2.45, 2.75) is 6.42 Å². The lowest BCUT2D eigenvalue weighted by atomic mass is 10.1. The van der Waals surface area contributed by atoms with Gasteiger partial charge in [0.15, 0.2) is 0 Å². The lowest BCUT2D eigenvalue weighted by Gasteiger charge is -2.17. The molecule has 3 rings (SSSR count). The fourth-order valence-corrected chi connectivity index (χ4v) is 3.08. The third-order valence-electron chi connectivity index (χ3n) is 4.50. The molecule has 1 saturated heterocycles. The van der Waals surface area contributed by atoms with Crippen LogP contribution >= 0.6 is 0 Å². The SMILES string of the molecule is COc1ccc(N2C[C@H](CNC(=O)Nc3ccccc3OC)CC2=O)cc1. The molecule has 27 heavy (non-hydrogen) atoms. The van der Waals surface area contributed by atoms with Gasteiger partial charge in [-0.2, -0.15) is 0 Å². The van der Waals surface area contributed by atoms with Crippen LogP contribution in [0.4, 0.5) is 16.2 Å². The Morgan fingerprint density at radius 2 is 1.85 bits per heavy atom. The zero-order chi connectivity index (χ0) is 19.2. The summed E-state index contributed by atoms with van der Waals surface area (Å²) >= 11 is 0. The van der Waals surface area contributed by atoms with Crippen molar-refractivity contribution in [3.63, 3.8) is 0 Å². The molecular formula is C20H23N3O4. The van der Waals surface area contributed by atoms with Crippen molar-refractivity contribution in [2.24, 2.45) is 5.92 Å². The number of carbonyl (C=O) groups is 2. The van der Waals surface area contributed by atoms with Crippen molar-refractivity contribution in [1.82, 2.24) is 5.32 Å². The lowest BCUT2D eigenvalue weighted by Crippen LogP contribution is -2.34. The van der Waals surface area contributed by atoms with Gasteiger partial charge in [-0.15, -0.1) is 0 Å². The Bertz CT molecular complexity index is 807. The van der Waals surface area contributed by atoms with Crippen molar-refractivity contribution in [1.29, 1.82) is 0 Å². The van der Waals surface area contributed by atoms with E-state index in [9.17, 15) is 9.59 Å². The van der Waals surface area contributed by atoms with Gasteiger partial charge in [0.25, 0.3) is 0 Å². The van der Waals surface area contributed by atoms with E-state index in [4.69, 9.17) is 9.47 Å². The normalized spacial score (nSPS) is 16.1. The summed E-state index contributed by atoms with van der Waals surface area (Å²) in [4.78, 5) is 26.2. The Morgan fingerprint density at radius 3 is 2.56 bits per heavy atom. The van der Waals surface area contributed by atoms with Crippen LogP contribution in [0.15, 0.2) is 48.5 Å². The molecular weight excluding hydrogens is 346 g/mol. The van der Waals surface area contributed by atoms with Gasteiger partial charge in [-0.25, -0.2) is 4.79 Å². The molecule has 7 heteroatoms. The molecule has 0 saturated carbocycles. The molecule has 0 spiro atoms. The minimum atomic E-state index is -0.324. The summed E-state index contributed by atoms with van der Waals surface area (Å²) < 4.78 is 10.4. The maximum Gasteiger partial charge on any atom is 0.319 e. The van der Waals surface area contributed by atoms with Crippen LogP contribution in [-0.4, -0.2) is 39.2 Å². The second-order valence-corrected chi connectivity index (χ2v) is 6.31. The number of nitrogens with one attached hydrogen (secondary N) is 2. The number of methoxy groups -OCH3 is 2. The number of hydrogen-bond donors (Lipinski definition) is 2. The second-order valence-electron chi connectivity index (χ2n) is 6.31. The maximum atomic E-state index is 12.3. The Balaban J connectivity index is 1.53. The molecule has 1 heterocycles. The average molecular weight is 369 g/mol. The molecule has 142 valence electrons. The van der Waals surface area contributed by atoms with E-state index in [1.807, 2.05) is 36.4 Å². The molecule has 0 unspecified atom stereocenters. The molecule has 0 aromatic heterocycles. The van der Waals surface area contributed by atoms with Crippen LogP contribution in [0.1, 0.15) is 6.42 Å². The van der Waals surface area contributed by atoms with Gasteiger partial charge in [0.2, 0.25) is 5.91 Å². The highest BCUT2D eigenvalue weighted by Gasteiger charge is 2.30. The number of urea groups is 1. The zero-order valence-corrected chi connectivity index (χ0v) is 15.4. The highest BCUT2D eigenvalue weighted by molar-refractivity contribution is 5.96. The van der Waals surface area contributed by atoms with E-state index in [-0.39, 0.29) is 17.9 Å². The van der Waals surface area contributed by atoms with Crippen LogP contribution in [0.5, 0.6) is 11.5 Å². The van der Waals surface area contributed by atoms with Gasteiger partial charge in [-0.3, -0.25) is 4.79 Å². The number of rotatable bonds is 6. The number of anilines is 2. The molecule has 1 aliphatic rings. The second kappa shape index (κ2) is 8.44. The molecule has 2 aromatic carbocycles. The zero-order valence-electron chi connectivity index (χ0n) is 15.4. The monoisotopic (exact) mass is 369 g/mol. The summed E-state index contributed by atoms with van der Waals surface area (Å²) in [5.41, 5.74) is 1.43. The minimum Gasteiger partial charge on any atom is -0.497 e. The van der Waals surface area contributed by atoms with E-state index in [1.165, 1.54) is 0 Å². The number of hydrogen-bond acceptors (Lipinski definition) is 4. The Labute approximate surface area is 158 Å². The maximum absolute atomic E-state index is 12.3. The van der Waals surface area contributed by atoms with Crippen molar-refractivity contribution in [2.75, 3.05) is 37.5 Å². The molecule has 1 aliphatic heterocycles. The molecule has 1 atom stereocenters. The molecule has 1 fully saturated rings. The minimum absolute atomic E-state index is 0.0529. The van der Waals surface area contributed by atoms with Crippen molar-refractivity contribution < 1.29 is 19.1 Å². The lowest BCUT2D eigenvalue weighted by molar-refractivity contribution is -0.117. The third-order valence-corrected chi connectivity index (χ3v) is 4.50. The summed E-state index contributed by atoms with van der Waals surface area (Å²) in [6.45, 7) is 0.986. The molecule has 3 amide bonds. The van der Waals surface area contributed by atoms with E-state index in [0.29, 0.717) is 30.9 Å². The fraction of sp³-hybridized carbons (Fsp3) is 0.300. The Kier molecular flexibility index (Phi) is 5.80. The predicted octanol–water partition coefficient (Wildman–Crippen LogP) is 2.88. The summed E-state index contributed by atoms with van der Waals surface area (Å²) in [7, 11) is 3.16. The molecule has 0 bridgehead atoms. The average Bonchev–Trinajstić information content (AvgIpc) is 3.07. The van der Waals surface area contributed by atoms with Crippen LogP contribution < -0.4 is 25.0 Å². The molecule has 0 radical (unpaired) electrons. The van der Waals surface area contributed by atoms with Crippen LogP contribution in [0.3, 0.4) is 0 Å². The summed E-state index contributed by atoms with van der Waals surface area (Å²) in [6, 6.07) is 14.3. The first-order valence-electron chi connectivity index (χ1n) is 8.73. The number of ether oxygens (including phenoxy) is 2. The third kappa shape index (κ3) is 4.49. The van der Waals surface area contributed by atoms with Crippen LogP contribution in [-0.2, 0) is 4.79 Å². The summed E-state index contributed by atoms with van der Waals surface area (Å²) in [6.07, 6.45) is 0.404. The highest BCUT2D eigenvalue weighted by atomic mass is 16.5. The molecule has 2 N–H and O–H groups in total. The van der Waals surface area contributed by atoms with Crippen LogP contribution in [0.25, 0.3) is 0 Å². The van der Waals surface area contributed by atoms with Gasteiger partial charge in [-0.05, 0) is 36.4 Å². The first kappa shape index (κ1) is 18.6. The van der Waals surface area contributed by atoms with E-state index in [2.05, 4.69) is 10.6 Å². The Hall–Kier alpha value is -3.22. The van der Waals surface area contributed by atoms with Gasteiger partial charge >= 0.3 is 6.03 Å². The summed E-state index contributed by atoms with van der Waals surface area (Å²) in [5.74, 6) is 1.45. The van der Waals surface area contributed by atoms with Crippen LogP contribution in [0.2, 0.25) is 0 Å². The van der Waals surface area contributed by atoms with Crippen LogP contribution in [0, 0.1) is 5.92 Å². The van der Waals surface area contributed by atoms with Gasteiger partial charge in [-0.1, -0.05) is 12.1 Å². The van der Waals surface area contributed by atoms with Gasteiger partial charge in [0.1, 0.15) is 11.5 Å². The van der Waals surface area contributed by atoms with E-state index < -0.39 is 0 Å². The van der Waals surface area contributed by atoms with E-state index >= 15 is 0 Å². The van der Waals surface area contributed by atoms with Gasteiger partial charge in [0.05, 0.1) is 19.9 Å². The first-order chi connectivity index (χ1) is 13.1. The highest BCUT2D eigenvalue weighted by Crippen LogP contribution is 2.27. The molecule has 7 nitrogen and oxygen atoms in total. The number of para-hydroxylation sites is 2. The Morgan fingerprint density at radius 1 is 1.11 bits per heavy atom. The van der Waals surface area contributed by atoms with Crippen molar-refractivity contribution in [3.05, 3.63) is 48.5 Å². The number of benzene rings is 2. The number of carbonyl (C=O) groups excluding carboxylic acids is 2. The summed E-state index contributed by atoms with van der Waals surface area (Å²) in [5, 5.41) is 5.60. The van der Waals surface area contributed by atoms with E-state index in [0.717, 1.165) is 11.4 Å². The fourth-order valence-electron chi connectivity index (χ4n) is 3.08. The predicted molar refractivity (Wildman–Crippen MR) is 103 cm³/mol. The topological polar surface area (TPSA) is 79.9 Å². The van der Waals surface area contributed by atoms with E-state index in [1.54, 1.807) is 31.3 Å². The first-order valence-corrected chi connectivity index (χ1v) is 8.73. The van der Waals surface area contributed by atoms with Crippen molar-refractivity contribution in [3.8, 4) is 11.5 Å².